The van der Waals surface area contributed by atoms with Crippen LogP contribution in [-0.4, -0.2) is 16.1 Å². The number of carbonyl (C=O) groups is 1. The third-order valence-electron chi connectivity index (χ3n) is 1.28. The predicted molar refractivity (Wildman–Crippen MR) is 51.5 cm³/mol. The molecule has 0 saturated heterocycles. The van der Waals surface area contributed by atoms with Gasteiger partial charge in [0.15, 0.2) is 0 Å². The first-order valence-corrected chi connectivity index (χ1v) is 4.26. The molecule has 0 aromatic carbocycles. The van der Waals surface area contributed by atoms with E-state index in [1.165, 1.54) is 0 Å². The standard InChI is InChI=1S/C6H7N.C4H8O2/c1-6-4-2-3-5-7-6;1-2-3-4(5)6/h2-5H,1H3;2-3H2,1H3,(H,5,6). The minimum Gasteiger partial charge on any atom is -0.481 e. The summed E-state index contributed by atoms with van der Waals surface area (Å²) in [4.78, 5) is 13.6. The van der Waals surface area contributed by atoms with Gasteiger partial charge in [-0.25, -0.2) is 0 Å². The lowest BCUT2D eigenvalue weighted by atomic mass is 10.4. The summed E-state index contributed by atoms with van der Waals surface area (Å²) in [6.45, 7) is 3.81. The molecule has 0 aliphatic rings. The van der Waals surface area contributed by atoms with E-state index in [1.807, 2.05) is 32.0 Å². The van der Waals surface area contributed by atoms with E-state index in [9.17, 15) is 4.79 Å². The third-order valence-corrected chi connectivity index (χ3v) is 1.28. The molecule has 1 heterocycles. The van der Waals surface area contributed by atoms with Gasteiger partial charge in [-0.05, 0) is 25.5 Å². The number of aryl methyl sites for hydroxylation is 1. The van der Waals surface area contributed by atoms with Crippen LogP contribution in [0.1, 0.15) is 25.5 Å². The Morgan fingerprint density at radius 2 is 2.23 bits per heavy atom. The Hall–Kier alpha value is -1.38. The lowest BCUT2D eigenvalue weighted by Gasteiger charge is -1.82. The summed E-state index contributed by atoms with van der Waals surface area (Å²) in [5.41, 5.74) is 1.07. The fraction of sp³-hybridized carbons (Fsp3) is 0.400. The van der Waals surface area contributed by atoms with Crippen molar-refractivity contribution >= 4 is 5.97 Å². The molecule has 13 heavy (non-hydrogen) atoms. The Morgan fingerprint density at radius 3 is 2.38 bits per heavy atom. The summed E-state index contributed by atoms with van der Waals surface area (Å²) in [6.07, 6.45) is 2.81. The number of carboxylic acids is 1. The van der Waals surface area contributed by atoms with Crippen LogP contribution in [0.5, 0.6) is 0 Å². The van der Waals surface area contributed by atoms with Gasteiger partial charge in [-0.1, -0.05) is 13.0 Å². The molecule has 0 atom stereocenters. The van der Waals surface area contributed by atoms with E-state index >= 15 is 0 Å². The molecule has 1 aromatic heterocycles. The van der Waals surface area contributed by atoms with E-state index in [1.54, 1.807) is 6.20 Å². The van der Waals surface area contributed by atoms with Crippen LogP contribution in [0.4, 0.5) is 0 Å². The van der Waals surface area contributed by atoms with Crippen LogP contribution in [-0.2, 0) is 4.79 Å². The molecule has 0 aliphatic heterocycles. The van der Waals surface area contributed by atoms with Crippen molar-refractivity contribution < 1.29 is 9.90 Å². The summed E-state index contributed by atoms with van der Waals surface area (Å²) in [5.74, 6) is -0.711. The molecule has 3 heteroatoms. The Kier molecular flexibility index (Phi) is 6.51. The zero-order valence-corrected chi connectivity index (χ0v) is 8.03. The fourth-order valence-electron chi connectivity index (χ4n) is 0.662. The van der Waals surface area contributed by atoms with Crippen molar-refractivity contribution in [3.05, 3.63) is 30.1 Å². The van der Waals surface area contributed by atoms with Gasteiger partial charge in [-0.3, -0.25) is 9.78 Å². The topological polar surface area (TPSA) is 50.2 Å². The second-order valence-corrected chi connectivity index (χ2v) is 2.61. The molecule has 3 nitrogen and oxygen atoms in total. The van der Waals surface area contributed by atoms with Crippen molar-refractivity contribution in [2.75, 3.05) is 0 Å². The second-order valence-electron chi connectivity index (χ2n) is 2.61. The maximum absolute atomic E-state index is 9.60. The van der Waals surface area contributed by atoms with Gasteiger partial charge < -0.3 is 5.11 Å². The summed E-state index contributed by atoms with van der Waals surface area (Å²) >= 11 is 0. The van der Waals surface area contributed by atoms with Crippen LogP contribution in [0.25, 0.3) is 0 Å². The zero-order valence-electron chi connectivity index (χ0n) is 8.03. The number of aliphatic carboxylic acids is 1. The lowest BCUT2D eigenvalue weighted by molar-refractivity contribution is -0.137. The fourth-order valence-corrected chi connectivity index (χ4v) is 0.662. The number of rotatable bonds is 2. The first-order valence-electron chi connectivity index (χ1n) is 4.26. The van der Waals surface area contributed by atoms with Crippen LogP contribution in [0.3, 0.4) is 0 Å². The Morgan fingerprint density at radius 1 is 1.54 bits per heavy atom. The Labute approximate surface area is 78.4 Å². The van der Waals surface area contributed by atoms with Crippen molar-refractivity contribution in [2.24, 2.45) is 0 Å². The van der Waals surface area contributed by atoms with Crippen LogP contribution in [0.15, 0.2) is 24.4 Å². The summed E-state index contributed by atoms with van der Waals surface area (Å²) < 4.78 is 0. The predicted octanol–water partition coefficient (Wildman–Crippen LogP) is 2.26. The van der Waals surface area contributed by atoms with Crippen LogP contribution in [0, 0.1) is 6.92 Å². The minimum atomic E-state index is -0.711. The number of hydrogen-bond donors (Lipinski definition) is 1. The molecule has 0 saturated carbocycles. The molecule has 0 aliphatic carbocycles. The van der Waals surface area contributed by atoms with Gasteiger partial charge in [0.1, 0.15) is 0 Å². The molecular weight excluding hydrogens is 166 g/mol. The van der Waals surface area contributed by atoms with E-state index < -0.39 is 5.97 Å². The smallest absolute Gasteiger partial charge is 0.303 e. The average Bonchev–Trinajstić information content (AvgIpc) is 2.06. The van der Waals surface area contributed by atoms with Crippen molar-refractivity contribution in [1.29, 1.82) is 0 Å². The highest BCUT2D eigenvalue weighted by Gasteiger charge is 1.87. The van der Waals surface area contributed by atoms with Crippen LogP contribution < -0.4 is 0 Å². The monoisotopic (exact) mass is 181 g/mol. The third kappa shape index (κ3) is 8.53. The van der Waals surface area contributed by atoms with Gasteiger partial charge in [0, 0.05) is 18.3 Å². The highest BCUT2D eigenvalue weighted by Crippen LogP contribution is 1.86. The van der Waals surface area contributed by atoms with E-state index in [0.717, 1.165) is 12.1 Å². The molecule has 1 N–H and O–H groups in total. The van der Waals surface area contributed by atoms with E-state index in [0.29, 0.717) is 6.42 Å². The van der Waals surface area contributed by atoms with Gasteiger partial charge in [-0.2, -0.15) is 0 Å². The van der Waals surface area contributed by atoms with Crippen molar-refractivity contribution in [2.45, 2.75) is 26.7 Å². The first-order chi connectivity index (χ1) is 6.16. The first kappa shape index (κ1) is 11.6. The number of nitrogens with zero attached hydrogens (tertiary/aromatic N) is 1. The Balaban J connectivity index is 0.000000226. The summed E-state index contributed by atoms with van der Waals surface area (Å²) in [6, 6.07) is 5.86. The molecule has 0 fully saturated rings. The Bertz CT molecular complexity index is 234. The van der Waals surface area contributed by atoms with Gasteiger partial charge in [0.25, 0.3) is 0 Å². The van der Waals surface area contributed by atoms with Gasteiger partial charge in [0.2, 0.25) is 0 Å². The molecule has 1 rings (SSSR count). The molecular formula is C10H15NO2. The lowest BCUT2D eigenvalue weighted by Crippen LogP contribution is -1.90. The SMILES string of the molecule is CCCC(=O)O.Cc1ccccn1. The van der Waals surface area contributed by atoms with Gasteiger partial charge in [-0.15, -0.1) is 0 Å². The number of pyridine rings is 1. The second kappa shape index (κ2) is 7.28. The quantitative estimate of drug-likeness (QED) is 0.761. The van der Waals surface area contributed by atoms with Gasteiger partial charge >= 0.3 is 5.97 Å². The summed E-state index contributed by atoms with van der Waals surface area (Å²) in [7, 11) is 0. The maximum atomic E-state index is 9.60. The average molecular weight is 181 g/mol. The number of hydrogen-bond acceptors (Lipinski definition) is 2. The normalized spacial score (nSPS) is 8.46. The maximum Gasteiger partial charge on any atom is 0.303 e. The van der Waals surface area contributed by atoms with E-state index in [2.05, 4.69) is 4.98 Å². The molecule has 0 radical (unpaired) electrons. The molecule has 0 amide bonds. The van der Waals surface area contributed by atoms with Crippen molar-refractivity contribution in [1.82, 2.24) is 4.98 Å². The minimum absolute atomic E-state index is 0.292. The largest absolute Gasteiger partial charge is 0.481 e. The molecule has 72 valence electrons. The van der Waals surface area contributed by atoms with Crippen molar-refractivity contribution in [3.63, 3.8) is 0 Å². The highest BCUT2D eigenvalue weighted by atomic mass is 16.4. The highest BCUT2D eigenvalue weighted by molar-refractivity contribution is 5.66. The van der Waals surface area contributed by atoms with Gasteiger partial charge in [0.05, 0.1) is 0 Å². The van der Waals surface area contributed by atoms with Crippen LogP contribution in [0.2, 0.25) is 0 Å². The molecule has 0 bridgehead atoms. The van der Waals surface area contributed by atoms with Crippen LogP contribution >= 0.6 is 0 Å². The number of carboxylic acid groups (broad SMARTS) is 1. The summed E-state index contributed by atoms with van der Waals surface area (Å²) in [5, 5.41) is 7.91. The van der Waals surface area contributed by atoms with Crippen molar-refractivity contribution in [3.8, 4) is 0 Å². The van der Waals surface area contributed by atoms with E-state index in [4.69, 9.17) is 5.11 Å². The van der Waals surface area contributed by atoms with E-state index in [-0.39, 0.29) is 0 Å². The number of aromatic nitrogens is 1. The molecule has 0 spiro atoms. The molecule has 1 aromatic rings. The molecule has 0 unspecified atom stereocenters. The zero-order chi connectivity index (χ0) is 10.1.